The van der Waals surface area contributed by atoms with Crippen molar-refractivity contribution in [3.63, 3.8) is 0 Å². The van der Waals surface area contributed by atoms with E-state index in [1.54, 1.807) is 6.07 Å². The predicted octanol–water partition coefficient (Wildman–Crippen LogP) is 2.28. The van der Waals surface area contributed by atoms with Gasteiger partial charge in [-0.25, -0.2) is 4.39 Å². The Kier molecular flexibility index (Phi) is 4.47. The van der Waals surface area contributed by atoms with Crippen LogP contribution in [0.15, 0.2) is 18.2 Å². The average Bonchev–Trinajstić information content (AvgIpc) is 2.40. The first-order chi connectivity index (χ1) is 8.66. The van der Waals surface area contributed by atoms with Gasteiger partial charge in [0.2, 0.25) is 0 Å². The van der Waals surface area contributed by atoms with Crippen molar-refractivity contribution in [1.82, 2.24) is 5.32 Å². The quantitative estimate of drug-likeness (QED) is 0.827. The summed E-state index contributed by atoms with van der Waals surface area (Å²) < 4.78 is 13.2. The van der Waals surface area contributed by atoms with Gasteiger partial charge in [0.15, 0.2) is 0 Å². The smallest absolute Gasteiger partial charge is 0.251 e. The second-order valence-electron chi connectivity index (χ2n) is 4.50. The molecular formula is C13H17FN2OS. The fourth-order valence-corrected chi connectivity index (χ4v) is 3.16. The number of anilines is 1. The highest BCUT2D eigenvalue weighted by atomic mass is 32.2. The van der Waals surface area contributed by atoms with Gasteiger partial charge in [-0.15, -0.1) is 0 Å². The molecule has 3 nitrogen and oxygen atoms in total. The van der Waals surface area contributed by atoms with Gasteiger partial charge in [-0.3, -0.25) is 4.79 Å². The molecule has 1 fully saturated rings. The molecule has 18 heavy (non-hydrogen) atoms. The molecule has 0 aromatic heterocycles. The van der Waals surface area contributed by atoms with Gasteiger partial charge in [-0.05, 0) is 48.5 Å². The Bertz CT molecular complexity index is 433. The van der Waals surface area contributed by atoms with E-state index in [2.05, 4.69) is 5.32 Å². The van der Waals surface area contributed by atoms with Crippen LogP contribution in [0.2, 0.25) is 0 Å². The maximum absolute atomic E-state index is 13.2. The summed E-state index contributed by atoms with van der Waals surface area (Å²) in [5, 5.41) is 2.86. The minimum absolute atomic E-state index is 0.0656. The van der Waals surface area contributed by atoms with Crippen LogP contribution >= 0.6 is 11.8 Å². The molecule has 1 amide bonds. The first-order valence-corrected chi connectivity index (χ1v) is 7.23. The van der Waals surface area contributed by atoms with Crippen molar-refractivity contribution in [2.24, 2.45) is 5.92 Å². The van der Waals surface area contributed by atoms with Gasteiger partial charge in [0.25, 0.3) is 5.91 Å². The lowest BCUT2D eigenvalue weighted by Gasteiger charge is -2.21. The van der Waals surface area contributed by atoms with E-state index in [0.717, 1.165) is 24.3 Å². The Balaban J connectivity index is 1.88. The van der Waals surface area contributed by atoms with Gasteiger partial charge in [-0.2, -0.15) is 11.8 Å². The topological polar surface area (TPSA) is 55.1 Å². The zero-order valence-electron chi connectivity index (χ0n) is 10.1. The number of nitrogen functional groups attached to an aromatic ring is 1. The Hall–Kier alpha value is -1.23. The standard InChI is InChI=1S/C13H17FN2OS/c14-11-7-10(1-2-12(11)15)13(17)16-8-9-3-5-18-6-4-9/h1-2,7,9H,3-6,8,15H2,(H,16,17). The first-order valence-electron chi connectivity index (χ1n) is 6.08. The van der Waals surface area contributed by atoms with Crippen LogP contribution in [0.4, 0.5) is 10.1 Å². The predicted molar refractivity (Wildman–Crippen MR) is 73.2 cm³/mol. The molecule has 2 rings (SSSR count). The minimum Gasteiger partial charge on any atom is -0.396 e. The number of hydrogen-bond donors (Lipinski definition) is 2. The third-order valence-corrected chi connectivity index (χ3v) is 4.20. The van der Waals surface area contributed by atoms with Crippen molar-refractivity contribution in [3.8, 4) is 0 Å². The fourth-order valence-electron chi connectivity index (χ4n) is 1.96. The third-order valence-electron chi connectivity index (χ3n) is 3.15. The highest BCUT2D eigenvalue weighted by Crippen LogP contribution is 2.22. The second kappa shape index (κ2) is 6.09. The van der Waals surface area contributed by atoms with Crippen molar-refractivity contribution >= 4 is 23.4 Å². The van der Waals surface area contributed by atoms with E-state index in [9.17, 15) is 9.18 Å². The molecule has 0 saturated carbocycles. The summed E-state index contributed by atoms with van der Waals surface area (Å²) in [6, 6.07) is 4.15. The molecule has 0 radical (unpaired) electrons. The lowest BCUT2D eigenvalue weighted by atomic mass is 10.0. The summed E-state index contributed by atoms with van der Waals surface area (Å²) in [6.07, 6.45) is 2.28. The van der Waals surface area contributed by atoms with Crippen LogP contribution in [0.3, 0.4) is 0 Å². The SMILES string of the molecule is Nc1ccc(C(=O)NCC2CCSCC2)cc1F. The molecule has 0 spiro atoms. The highest BCUT2D eigenvalue weighted by molar-refractivity contribution is 7.99. The van der Waals surface area contributed by atoms with Crippen molar-refractivity contribution in [3.05, 3.63) is 29.6 Å². The molecular weight excluding hydrogens is 251 g/mol. The number of hydrogen-bond acceptors (Lipinski definition) is 3. The Labute approximate surface area is 110 Å². The Morgan fingerprint density at radius 1 is 1.44 bits per heavy atom. The van der Waals surface area contributed by atoms with E-state index in [1.165, 1.54) is 12.1 Å². The number of carbonyl (C=O) groups is 1. The van der Waals surface area contributed by atoms with Crippen LogP contribution in [0, 0.1) is 11.7 Å². The number of amides is 1. The monoisotopic (exact) mass is 268 g/mol. The van der Waals surface area contributed by atoms with Crippen molar-refractivity contribution in [2.45, 2.75) is 12.8 Å². The third kappa shape index (κ3) is 3.38. The summed E-state index contributed by atoms with van der Waals surface area (Å²) in [4.78, 5) is 11.8. The van der Waals surface area contributed by atoms with Gasteiger partial charge in [0, 0.05) is 12.1 Å². The van der Waals surface area contributed by atoms with Crippen molar-refractivity contribution < 1.29 is 9.18 Å². The van der Waals surface area contributed by atoms with Crippen LogP contribution in [-0.2, 0) is 0 Å². The molecule has 98 valence electrons. The molecule has 1 aromatic carbocycles. The molecule has 0 aliphatic carbocycles. The average molecular weight is 268 g/mol. The zero-order valence-corrected chi connectivity index (χ0v) is 10.9. The molecule has 1 heterocycles. The number of halogens is 1. The van der Waals surface area contributed by atoms with Crippen LogP contribution < -0.4 is 11.1 Å². The number of nitrogens with one attached hydrogen (secondary N) is 1. The lowest BCUT2D eigenvalue weighted by molar-refractivity contribution is 0.0946. The van der Waals surface area contributed by atoms with Crippen LogP contribution in [0.5, 0.6) is 0 Å². The number of thioether (sulfide) groups is 1. The summed E-state index contributed by atoms with van der Waals surface area (Å²) >= 11 is 1.96. The fraction of sp³-hybridized carbons (Fsp3) is 0.462. The maximum Gasteiger partial charge on any atom is 0.251 e. The number of carbonyl (C=O) groups excluding carboxylic acids is 1. The number of benzene rings is 1. The molecule has 0 bridgehead atoms. The molecule has 1 aliphatic heterocycles. The van der Waals surface area contributed by atoms with E-state index in [4.69, 9.17) is 5.73 Å². The Morgan fingerprint density at radius 2 is 2.17 bits per heavy atom. The van der Waals surface area contributed by atoms with E-state index >= 15 is 0 Å². The summed E-state index contributed by atoms with van der Waals surface area (Å²) in [5.74, 6) is 2.10. The first kappa shape index (κ1) is 13.2. The Morgan fingerprint density at radius 3 is 2.83 bits per heavy atom. The lowest BCUT2D eigenvalue weighted by Crippen LogP contribution is -2.31. The highest BCUT2D eigenvalue weighted by Gasteiger charge is 2.15. The van der Waals surface area contributed by atoms with Crippen molar-refractivity contribution in [2.75, 3.05) is 23.8 Å². The maximum atomic E-state index is 13.2. The molecule has 0 unspecified atom stereocenters. The molecule has 1 saturated heterocycles. The van der Waals surface area contributed by atoms with E-state index in [-0.39, 0.29) is 11.6 Å². The van der Waals surface area contributed by atoms with Crippen LogP contribution in [0.25, 0.3) is 0 Å². The molecule has 5 heteroatoms. The summed E-state index contributed by atoms with van der Waals surface area (Å²) in [7, 11) is 0. The largest absolute Gasteiger partial charge is 0.396 e. The van der Waals surface area contributed by atoms with Crippen LogP contribution in [0.1, 0.15) is 23.2 Å². The normalized spacial score (nSPS) is 16.5. The minimum atomic E-state index is -0.545. The molecule has 3 N–H and O–H groups in total. The summed E-state index contributed by atoms with van der Waals surface area (Å²) in [6.45, 7) is 0.672. The van der Waals surface area contributed by atoms with E-state index in [1.807, 2.05) is 11.8 Å². The summed E-state index contributed by atoms with van der Waals surface area (Å²) in [5.41, 5.74) is 5.76. The second-order valence-corrected chi connectivity index (χ2v) is 5.73. The van der Waals surface area contributed by atoms with Gasteiger partial charge in [0.1, 0.15) is 5.82 Å². The van der Waals surface area contributed by atoms with Crippen LogP contribution in [-0.4, -0.2) is 24.0 Å². The van der Waals surface area contributed by atoms with Gasteiger partial charge >= 0.3 is 0 Å². The van der Waals surface area contributed by atoms with Gasteiger partial charge in [-0.1, -0.05) is 0 Å². The zero-order chi connectivity index (χ0) is 13.0. The van der Waals surface area contributed by atoms with Gasteiger partial charge < -0.3 is 11.1 Å². The van der Waals surface area contributed by atoms with E-state index in [0.29, 0.717) is 18.0 Å². The number of rotatable bonds is 3. The molecule has 0 atom stereocenters. The molecule has 1 aliphatic rings. The van der Waals surface area contributed by atoms with E-state index < -0.39 is 5.82 Å². The molecule has 1 aromatic rings. The number of nitrogens with two attached hydrogens (primary N) is 1. The van der Waals surface area contributed by atoms with Gasteiger partial charge in [0.05, 0.1) is 5.69 Å². The van der Waals surface area contributed by atoms with Crippen molar-refractivity contribution in [1.29, 1.82) is 0 Å².